The number of aliphatic hydroxyl groups is 1. The zero-order chi connectivity index (χ0) is 23.7. The van der Waals surface area contributed by atoms with Gasteiger partial charge in [0.1, 0.15) is 29.0 Å². The van der Waals surface area contributed by atoms with Crippen LogP contribution in [0.1, 0.15) is 24.1 Å². The van der Waals surface area contributed by atoms with Crippen molar-refractivity contribution in [3.05, 3.63) is 101 Å². The third-order valence-corrected chi connectivity index (χ3v) is 5.22. The van der Waals surface area contributed by atoms with Crippen molar-refractivity contribution in [2.24, 2.45) is 0 Å². The van der Waals surface area contributed by atoms with Crippen LogP contribution in [0.4, 0.5) is 18.9 Å². The van der Waals surface area contributed by atoms with Crippen LogP contribution in [-0.2, 0) is 9.59 Å². The smallest absolute Gasteiger partial charge is 0.300 e. The molecule has 0 aromatic heterocycles. The number of hydrogen-bond donors (Lipinski definition) is 1. The first-order chi connectivity index (χ1) is 15.8. The number of nitrogens with zero attached hydrogens (tertiary/aromatic N) is 1. The highest BCUT2D eigenvalue weighted by atomic mass is 19.1. The fourth-order valence-electron chi connectivity index (χ4n) is 3.77. The van der Waals surface area contributed by atoms with Gasteiger partial charge in [-0.15, -0.1) is 0 Å². The van der Waals surface area contributed by atoms with Gasteiger partial charge in [0.05, 0.1) is 23.9 Å². The maximum atomic E-state index is 14.6. The van der Waals surface area contributed by atoms with Gasteiger partial charge in [-0.3, -0.25) is 14.5 Å². The molecule has 0 aliphatic carbocycles. The normalized spacial score (nSPS) is 17.5. The number of Topliss-reactive ketones (excluding diaryl/α,β-unsaturated/α-hetero) is 1. The summed E-state index contributed by atoms with van der Waals surface area (Å²) in [6.07, 6.45) is 0. The Morgan fingerprint density at radius 1 is 0.970 bits per heavy atom. The molecule has 168 valence electrons. The number of halogens is 3. The van der Waals surface area contributed by atoms with Crippen molar-refractivity contribution < 1.29 is 32.6 Å². The number of aliphatic hydroxyl groups excluding tert-OH is 1. The van der Waals surface area contributed by atoms with E-state index >= 15 is 0 Å². The Balaban J connectivity index is 1.95. The maximum absolute atomic E-state index is 14.6. The highest BCUT2D eigenvalue weighted by molar-refractivity contribution is 6.51. The molecular weight excluding hydrogens is 435 g/mol. The van der Waals surface area contributed by atoms with Crippen molar-refractivity contribution in [3.8, 4) is 5.75 Å². The molecule has 5 nitrogen and oxygen atoms in total. The van der Waals surface area contributed by atoms with Crippen LogP contribution >= 0.6 is 0 Å². The second-order valence-electron chi connectivity index (χ2n) is 7.28. The lowest BCUT2D eigenvalue weighted by Gasteiger charge is -2.25. The highest BCUT2D eigenvalue weighted by Gasteiger charge is 2.47. The number of rotatable bonds is 5. The van der Waals surface area contributed by atoms with E-state index in [1.165, 1.54) is 24.3 Å². The Morgan fingerprint density at radius 3 is 2.36 bits per heavy atom. The van der Waals surface area contributed by atoms with Crippen molar-refractivity contribution in [1.29, 1.82) is 0 Å². The van der Waals surface area contributed by atoms with E-state index in [1.807, 2.05) is 0 Å². The van der Waals surface area contributed by atoms with E-state index in [2.05, 4.69) is 0 Å². The largest absolute Gasteiger partial charge is 0.507 e. The standard InChI is InChI=1S/C25H18F3NO4/c1-2-33-18-5-3-4-15(12-18)23(30)21-22(14-6-8-16(26)9-7-14)29(25(32)24(21)31)20-13-17(27)10-11-19(20)28/h3-13,22,30H,2H2,1H3/b23-21+. The van der Waals surface area contributed by atoms with Crippen LogP contribution in [-0.4, -0.2) is 23.4 Å². The van der Waals surface area contributed by atoms with Gasteiger partial charge in [-0.2, -0.15) is 0 Å². The monoisotopic (exact) mass is 453 g/mol. The first-order valence-corrected chi connectivity index (χ1v) is 10.1. The lowest BCUT2D eigenvalue weighted by atomic mass is 9.95. The summed E-state index contributed by atoms with van der Waals surface area (Å²) >= 11 is 0. The second-order valence-corrected chi connectivity index (χ2v) is 7.28. The summed E-state index contributed by atoms with van der Waals surface area (Å²) in [5, 5.41) is 11.1. The predicted octanol–water partition coefficient (Wildman–Crippen LogP) is 5.13. The molecule has 1 fully saturated rings. The van der Waals surface area contributed by atoms with Crippen molar-refractivity contribution in [2.45, 2.75) is 13.0 Å². The van der Waals surface area contributed by atoms with Crippen molar-refractivity contribution in [2.75, 3.05) is 11.5 Å². The van der Waals surface area contributed by atoms with Gasteiger partial charge < -0.3 is 9.84 Å². The Morgan fingerprint density at radius 2 is 1.67 bits per heavy atom. The van der Waals surface area contributed by atoms with Gasteiger partial charge >= 0.3 is 0 Å². The fraction of sp³-hybridized carbons (Fsp3) is 0.120. The SMILES string of the molecule is CCOc1cccc(/C(O)=C2\C(=O)C(=O)N(c3cc(F)ccc3F)C2c2ccc(F)cc2)c1. The summed E-state index contributed by atoms with van der Waals surface area (Å²) in [5.74, 6) is -4.69. The zero-order valence-electron chi connectivity index (χ0n) is 17.4. The summed E-state index contributed by atoms with van der Waals surface area (Å²) in [4.78, 5) is 26.8. The third-order valence-electron chi connectivity index (χ3n) is 5.22. The minimum atomic E-state index is -1.32. The highest BCUT2D eigenvalue weighted by Crippen LogP contribution is 2.43. The summed E-state index contributed by atoms with van der Waals surface area (Å²) in [5.41, 5.74) is -0.412. The van der Waals surface area contributed by atoms with Crippen LogP contribution in [0.5, 0.6) is 5.75 Å². The molecule has 1 aliphatic rings. The molecule has 1 heterocycles. The van der Waals surface area contributed by atoms with Crippen LogP contribution < -0.4 is 9.64 Å². The topological polar surface area (TPSA) is 66.8 Å². The number of ketones is 1. The first kappa shape index (κ1) is 22.1. The number of ether oxygens (including phenoxy) is 1. The minimum absolute atomic E-state index is 0.186. The molecule has 33 heavy (non-hydrogen) atoms. The number of carbonyl (C=O) groups excluding carboxylic acids is 2. The molecule has 1 amide bonds. The van der Waals surface area contributed by atoms with E-state index in [0.717, 1.165) is 35.2 Å². The lowest BCUT2D eigenvalue weighted by molar-refractivity contribution is -0.132. The summed E-state index contributed by atoms with van der Waals surface area (Å²) in [6, 6.07) is 12.2. The van der Waals surface area contributed by atoms with E-state index in [9.17, 15) is 27.9 Å². The van der Waals surface area contributed by atoms with E-state index in [4.69, 9.17) is 4.74 Å². The molecule has 8 heteroatoms. The Bertz CT molecular complexity index is 1270. The molecule has 1 aliphatic heterocycles. The fourth-order valence-corrected chi connectivity index (χ4v) is 3.77. The average molecular weight is 453 g/mol. The molecule has 0 spiro atoms. The maximum Gasteiger partial charge on any atom is 0.300 e. The third kappa shape index (κ3) is 4.07. The number of amides is 1. The van der Waals surface area contributed by atoms with E-state index in [1.54, 1.807) is 19.1 Å². The number of benzene rings is 3. The Kier molecular flexibility index (Phi) is 5.91. The number of carbonyl (C=O) groups is 2. The summed E-state index contributed by atoms with van der Waals surface area (Å²) in [6.45, 7) is 2.14. The van der Waals surface area contributed by atoms with Crippen molar-refractivity contribution in [3.63, 3.8) is 0 Å². The Hall–Kier alpha value is -4.07. The number of anilines is 1. The van der Waals surface area contributed by atoms with Crippen LogP contribution in [0.25, 0.3) is 5.76 Å². The van der Waals surface area contributed by atoms with E-state index in [-0.39, 0.29) is 16.7 Å². The second kappa shape index (κ2) is 8.82. The predicted molar refractivity (Wildman–Crippen MR) is 115 cm³/mol. The van der Waals surface area contributed by atoms with Gasteiger partial charge in [-0.25, -0.2) is 13.2 Å². The molecule has 3 aromatic carbocycles. The summed E-state index contributed by atoms with van der Waals surface area (Å²) < 4.78 is 47.6. The molecule has 1 unspecified atom stereocenters. The van der Waals surface area contributed by atoms with Gasteiger partial charge in [-0.1, -0.05) is 24.3 Å². The molecule has 0 saturated carbocycles. The molecule has 4 rings (SSSR count). The van der Waals surface area contributed by atoms with Gasteiger partial charge in [-0.05, 0) is 48.9 Å². The van der Waals surface area contributed by atoms with Crippen LogP contribution in [0, 0.1) is 17.5 Å². The molecule has 1 N–H and O–H groups in total. The molecule has 1 saturated heterocycles. The van der Waals surface area contributed by atoms with Crippen LogP contribution in [0.3, 0.4) is 0 Å². The lowest BCUT2D eigenvalue weighted by Crippen LogP contribution is -2.30. The van der Waals surface area contributed by atoms with Crippen molar-refractivity contribution in [1.82, 2.24) is 0 Å². The van der Waals surface area contributed by atoms with Gasteiger partial charge in [0.2, 0.25) is 0 Å². The van der Waals surface area contributed by atoms with E-state index in [0.29, 0.717) is 12.4 Å². The van der Waals surface area contributed by atoms with Gasteiger partial charge in [0.25, 0.3) is 11.7 Å². The molecule has 1 atom stereocenters. The van der Waals surface area contributed by atoms with E-state index < -0.39 is 46.6 Å². The average Bonchev–Trinajstić information content (AvgIpc) is 3.06. The molecule has 0 radical (unpaired) electrons. The zero-order valence-corrected chi connectivity index (χ0v) is 17.4. The molecule has 0 bridgehead atoms. The van der Waals surface area contributed by atoms with Crippen LogP contribution in [0.2, 0.25) is 0 Å². The summed E-state index contributed by atoms with van der Waals surface area (Å²) in [7, 11) is 0. The molecule has 3 aromatic rings. The van der Waals surface area contributed by atoms with Crippen LogP contribution in [0.15, 0.2) is 72.3 Å². The number of hydrogen-bond acceptors (Lipinski definition) is 4. The Labute approximate surface area is 187 Å². The van der Waals surface area contributed by atoms with Gasteiger partial charge in [0, 0.05) is 11.6 Å². The quantitative estimate of drug-likeness (QED) is 0.331. The van der Waals surface area contributed by atoms with Crippen molar-refractivity contribution >= 4 is 23.1 Å². The van der Waals surface area contributed by atoms with Gasteiger partial charge in [0.15, 0.2) is 0 Å². The molecular formula is C25H18F3NO4. The first-order valence-electron chi connectivity index (χ1n) is 10.1. The minimum Gasteiger partial charge on any atom is -0.507 e.